The number of fused-ring (bicyclic) bond motifs is 1. The molecule has 4 rings (SSSR count). The summed E-state index contributed by atoms with van der Waals surface area (Å²) in [5, 5.41) is 3.05. The number of nitrogens with zero attached hydrogens (tertiary/aromatic N) is 3. The molecule has 1 N–H and O–H groups in total. The predicted octanol–water partition coefficient (Wildman–Crippen LogP) is 3.98. The summed E-state index contributed by atoms with van der Waals surface area (Å²) in [7, 11) is 0. The summed E-state index contributed by atoms with van der Waals surface area (Å²) in [5.74, 6) is 1.53. The molecule has 2 aromatic rings. The Bertz CT molecular complexity index is 728. The first kappa shape index (κ1) is 14.7. The summed E-state index contributed by atoms with van der Waals surface area (Å²) in [4.78, 5) is 21.6. The molecule has 0 aliphatic heterocycles. The number of anilines is 1. The van der Waals surface area contributed by atoms with Gasteiger partial charge in [-0.05, 0) is 50.7 Å². The number of nitrogens with one attached hydrogen (secondary N) is 1. The van der Waals surface area contributed by atoms with E-state index in [4.69, 9.17) is 0 Å². The van der Waals surface area contributed by atoms with Crippen LogP contribution in [0.2, 0.25) is 0 Å². The van der Waals surface area contributed by atoms with Gasteiger partial charge in [-0.25, -0.2) is 9.97 Å². The molecule has 2 saturated carbocycles. The predicted molar refractivity (Wildman–Crippen MR) is 90.4 cm³/mol. The van der Waals surface area contributed by atoms with Gasteiger partial charge in [0.1, 0.15) is 5.52 Å². The van der Waals surface area contributed by atoms with E-state index >= 15 is 0 Å². The van der Waals surface area contributed by atoms with Crippen LogP contribution in [0.5, 0.6) is 0 Å². The highest BCUT2D eigenvalue weighted by Crippen LogP contribution is 2.37. The average molecular weight is 312 g/mol. The van der Waals surface area contributed by atoms with Gasteiger partial charge in [-0.15, -0.1) is 0 Å². The second-order valence-electron chi connectivity index (χ2n) is 7.07. The molecule has 0 atom stereocenters. The molecule has 122 valence electrons. The van der Waals surface area contributed by atoms with Crippen molar-refractivity contribution in [2.45, 2.75) is 64.3 Å². The highest BCUT2D eigenvalue weighted by Gasteiger charge is 2.26. The highest BCUT2D eigenvalue weighted by atomic mass is 16.1. The van der Waals surface area contributed by atoms with Crippen molar-refractivity contribution in [3.63, 3.8) is 0 Å². The van der Waals surface area contributed by atoms with Crippen molar-refractivity contribution < 1.29 is 4.79 Å². The Balaban J connectivity index is 1.56. The first-order valence-corrected chi connectivity index (χ1v) is 8.86. The SMILES string of the molecule is Cc1ccc2nc(NC(=O)CCC3CCC3)n(C3CCC3)c2n1. The van der Waals surface area contributed by atoms with Crippen molar-refractivity contribution in [1.82, 2.24) is 14.5 Å². The lowest BCUT2D eigenvalue weighted by molar-refractivity contribution is -0.116. The number of aromatic nitrogens is 3. The number of hydrogen-bond acceptors (Lipinski definition) is 3. The number of pyridine rings is 1. The number of amides is 1. The Morgan fingerprint density at radius 2 is 2.00 bits per heavy atom. The van der Waals surface area contributed by atoms with Gasteiger partial charge in [-0.1, -0.05) is 19.3 Å². The van der Waals surface area contributed by atoms with Crippen LogP contribution in [0, 0.1) is 12.8 Å². The first-order valence-electron chi connectivity index (χ1n) is 8.86. The number of rotatable bonds is 5. The molecule has 23 heavy (non-hydrogen) atoms. The van der Waals surface area contributed by atoms with Crippen LogP contribution in [0.4, 0.5) is 5.95 Å². The summed E-state index contributed by atoms with van der Waals surface area (Å²) < 4.78 is 2.15. The van der Waals surface area contributed by atoms with Gasteiger partial charge in [-0.2, -0.15) is 0 Å². The number of aryl methyl sites for hydroxylation is 1. The summed E-state index contributed by atoms with van der Waals surface area (Å²) in [6.45, 7) is 1.99. The molecule has 5 nitrogen and oxygen atoms in total. The molecule has 5 heteroatoms. The Morgan fingerprint density at radius 3 is 2.65 bits per heavy atom. The fourth-order valence-electron chi connectivity index (χ4n) is 3.45. The van der Waals surface area contributed by atoms with Crippen molar-refractivity contribution in [3.8, 4) is 0 Å². The Kier molecular flexibility index (Phi) is 3.79. The van der Waals surface area contributed by atoms with E-state index in [1.807, 2.05) is 19.1 Å². The van der Waals surface area contributed by atoms with E-state index in [2.05, 4.69) is 19.9 Å². The van der Waals surface area contributed by atoms with Crippen LogP contribution in [-0.4, -0.2) is 20.4 Å². The fourth-order valence-corrected chi connectivity index (χ4v) is 3.45. The molecule has 0 radical (unpaired) electrons. The molecule has 0 bridgehead atoms. The topological polar surface area (TPSA) is 59.8 Å². The molecule has 2 aliphatic rings. The zero-order chi connectivity index (χ0) is 15.8. The van der Waals surface area contributed by atoms with E-state index in [-0.39, 0.29) is 5.91 Å². The minimum atomic E-state index is 0.0875. The second kappa shape index (κ2) is 5.95. The lowest BCUT2D eigenvalue weighted by atomic mass is 9.82. The number of hydrogen-bond donors (Lipinski definition) is 1. The third-order valence-electron chi connectivity index (χ3n) is 5.37. The van der Waals surface area contributed by atoms with Crippen LogP contribution in [0.1, 0.15) is 63.1 Å². The van der Waals surface area contributed by atoms with Gasteiger partial charge in [0.05, 0.1) is 0 Å². The van der Waals surface area contributed by atoms with Gasteiger partial charge in [0, 0.05) is 18.2 Å². The standard InChI is InChI=1S/C18H24N4O/c1-12-8-10-15-17(19-12)22(14-6-3-7-14)18(20-15)21-16(23)11-9-13-4-2-5-13/h8,10,13-14H,2-7,9,11H2,1H3,(H,20,21,23). The molecule has 2 aromatic heterocycles. The number of carbonyl (C=O) groups excluding carboxylic acids is 1. The van der Waals surface area contributed by atoms with E-state index < -0.39 is 0 Å². The molecule has 0 saturated heterocycles. The summed E-state index contributed by atoms with van der Waals surface area (Å²) in [5.41, 5.74) is 2.77. The maximum atomic E-state index is 12.3. The van der Waals surface area contributed by atoms with E-state index in [1.54, 1.807) is 0 Å². The van der Waals surface area contributed by atoms with E-state index in [0.717, 1.165) is 42.0 Å². The van der Waals surface area contributed by atoms with Crippen molar-refractivity contribution in [1.29, 1.82) is 0 Å². The van der Waals surface area contributed by atoms with Gasteiger partial charge in [0.15, 0.2) is 5.65 Å². The lowest BCUT2D eigenvalue weighted by Gasteiger charge is -2.28. The van der Waals surface area contributed by atoms with Crippen molar-refractivity contribution in [2.75, 3.05) is 5.32 Å². The molecule has 2 aliphatic carbocycles. The molecular formula is C18H24N4O. The molecule has 1 amide bonds. The largest absolute Gasteiger partial charge is 0.296 e. The van der Waals surface area contributed by atoms with Crippen LogP contribution in [-0.2, 0) is 4.79 Å². The Morgan fingerprint density at radius 1 is 1.22 bits per heavy atom. The molecule has 0 aromatic carbocycles. The van der Waals surface area contributed by atoms with Crippen LogP contribution < -0.4 is 5.32 Å². The fraction of sp³-hybridized carbons (Fsp3) is 0.611. The summed E-state index contributed by atoms with van der Waals surface area (Å²) in [6, 6.07) is 4.40. The third-order valence-corrected chi connectivity index (χ3v) is 5.37. The van der Waals surface area contributed by atoms with Crippen molar-refractivity contribution >= 4 is 23.0 Å². The Hall–Kier alpha value is -1.91. The number of carbonyl (C=O) groups is 1. The minimum Gasteiger partial charge on any atom is -0.296 e. The molecule has 0 spiro atoms. The van der Waals surface area contributed by atoms with E-state index in [0.29, 0.717) is 18.4 Å². The lowest BCUT2D eigenvalue weighted by Crippen LogP contribution is -2.23. The monoisotopic (exact) mass is 312 g/mol. The van der Waals surface area contributed by atoms with Gasteiger partial charge in [-0.3, -0.25) is 14.7 Å². The summed E-state index contributed by atoms with van der Waals surface area (Å²) in [6.07, 6.45) is 9.05. The molecule has 2 heterocycles. The second-order valence-corrected chi connectivity index (χ2v) is 7.07. The maximum Gasteiger partial charge on any atom is 0.226 e. The summed E-state index contributed by atoms with van der Waals surface area (Å²) >= 11 is 0. The van der Waals surface area contributed by atoms with E-state index in [9.17, 15) is 4.79 Å². The first-order chi connectivity index (χ1) is 11.2. The van der Waals surface area contributed by atoms with Gasteiger partial charge in [0.2, 0.25) is 11.9 Å². The maximum absolute atomic E-state index is 12.3. The zero-order valence-electron chi connectivity index (χ0n) is 13.7. The molecule has 2 fully saturated rings. The van der Waals surface area contributed by atoms with Gasteiger partial charge >= 0.3 is 0 Å². The van der Waals surface area contributed by atoms with Gasteiger partial charge in [0.25, 0.3) is 0 Å². The average Bonchev–Trinajstić information content (AvgIpc) is 2.73. The van der Waals surface area contributed by atoms with Gasteiger partial charge < -0.3 is 0 Å². The van der Waals surface area contributed by atoms with E-state index in [1.165, 1.54) is 25.7 Å². The highest BCUT2D eigenvalue weighted by molar-refractivity contribution is 5.91. The van der Waals surface area contributed by atoms with Crippen LogP contribution >= 0.6 is 0 Å². The smallest absolute Gasteiger partial charge is 0.226 e. The zero-order valence-corrected chi connectivity index (χ0v) is 13.7. The van der Waals surface area contributed by atoms with Crippen LogP contribution in [0.3, 0.4) is 0 Å². The van der Waals surface area contributed by atoms with Crippen LogP contribution in [0.25, 0.3) is 11.2 Å². The Labute approximate surface area is 136 Å². The van der Waals surface area contributed by atoms with Crippen molar-refractivity contribution in [3.05, 3.63) is 17.8 Å². The minimum absolute atomic E-state index is 0.0875. The van der Waals surface area contributed by atoms with Crippen molar-refractivity contribution in [2.24, 2.45) is 5.92 Å². The normalized spacial score (nSPS) is 18.7. The van der Waals surface area contributed by atoms with Crippen LogP contribution in [0.15, 0.2) is 12.1 Å². The molecular weight excluding hydrogens is 288 g/mol. The molecule has 0 unspecified atom stereocenters. The third kappa shape index (κ3) is 2.84. The number of imidazole rings is 1. The quantitative estimate of drug-likeness (QED) is 0.908.